The van der Waals surface area contributed by atoms with Crippen LogP contribution in [-0.2, 0) is 21.5 Å². The van der Waals surface area contributed by atoms with Gasteiger partial charge in [0, 0.05) is 19.6 Å². The first-order valence-electron chi connectivity index (χ1n) is 9.94. The molecule has 0 heterocycles. The Morgan fingerprint density at radius 2 is 1.96 bits per heavy atom. The molecule has 27 heavy (non-hydrogen) atoms. The third kappa shape index (κ3) is 3.03. The molecule has 1 aromatic rings. The molecule has 1 amide bonds. The average Bonchev–Trinajstić information content (AvgIpc) is 3.49. The van der Waals surface area contributed by atoms with Gasteiger partial charge >= 0.3 is 0 Å². The lowest BCUT2D eigenvalue weighted by Crippen LogP contribution is -2.62. The first-order valence-corrected chi connectivity index (χ1v) is 11.2. The highest BCUT2D eigenvalue weighted by molar-refractivity contribution is 14.1. The standard InChI is InChI=1S/C21H30IN3O2/c1-25(19(22)23)18(26)21(24)17-11-14(13-3-4-13)5-6-15(17)12-20(21)9-7-16(27-2)8-10-20/h5-6,11,13,16,19H,3-4,7-10,12,23-24H2,1-2H3. The lowest BCUT2D eigenvalue weighted by molar-refractivity contribution is -0.144. The SMILES string of the molecule is COC1CCC2(CC1)Cc1ccc(C3CC3)cc1C2(N)C(=O)N(C)C(N)I. The minimum atomic E-state index is -1.01. The quantitative estimate of drug-likeness (QED) is 0.299. The first-order chi connectivity index (χ1) is 12.8. The molecule has 2 unspecified atom stereocenters. The van der Waals surface area contributed by atoms with Crippen LogP contribution >= 0.6 is 22.6 Å². The van der Waals surface area contributed by atoms with Crippen molar-refractivity contribution in [3.8, 4) is 0 Å². The van der Waals surface area contributed by atoms with Crippen LogP contribution < -0.4 is 11.5 Å². The van der Waals surface area contributed by atoms with Crippen molar-refractivity contribution in [3.63, 3.8) is 0 Å². The molecule has 148 valence electrons. The highest BCUT2D eigenvalue weighted by Gasteiger charge is 2.61. The van der Waals surface area contributed by atoms with E-state index in [1.54, 1.807) is 19.1 Å². The smallest absolute Gasteiger partial charge is 0.249 e. The summed E-state index contributed by atoms with van der Waals surface area (Å²) in [4.78, 5) is 15.3. The van der Waals surface area contributed by atoms with Gasteiger partial charge in [0.2, 0.25) is 5.91 Å². The number of fused-ring (bicyclic) bond motifs is 1. The molecule has 4 N–H and O–H groups in total. The largest absolute Gasteiger partial charge is 0.381 e. The van der Waals surface area contributed by atoms with Crippen LogP contribution in [0.4, 0.5) is 0 Å². The van der Waals surface area contributed by atoms with Crippen molar-refractivity contribution < 1.29 is 9.53 Å². The minimum absolute atomic E-state index is 0.0491. The first kappa shape index (κ1) is 19.6. The molecule has 3 aliphatic carbocycles. The third-order valence-electron chi connectivity index (χ3n) is 7.22. The topological polar surface area (TPSA) is 81.6 Å². The molecule has 0 saturated heterocycles. The van der Waals surface area contributed by atoms with Crippen molar-refractivity contribution >= 4 is 28.5 Å². The predicted molar refractivity (Wildman–Crippen MR) is 114 cm³/mol. The minimum Gasteiger partial charge on any atom is -0.381 e. The highest BCUT2D eigenvalue weighted by atomic mass is 127. The van der Waals surface area contributed by atoms with Crippen molar-refractivity contribution in [2.45, 2.75) is 66.7 Å². The fraction of sp³-hybridized carbons (Fsp3) is 0.667. The van der Waals surface area contributed by atoms with Crippen LogP contribution in [0.2, 0.25) is 0 Å². The van der Waals surface area contributed by atoms with E-state index in [1.807, 2.05) is 0 Å². The Morgan fingerprint density at radius 1 is 1.30 bits per heavy atom. The Labute approximate surface area is 175 Å². The van der Waals surface area contributed by atoms with Crippen molar-refractivity contribution in [2.75, 3.05) is 14.2 Å². The van der Waals surface area contributed by atoms with Gasteiger partial charge in [0.1, 0.15) is 9.71 Å². The van der Waals surface area contributed by atoms with Crippen LogP contribution in [0.1, 0.15) is 61.1 Å². The fourth-order valence-corrected chi connectivity index (χ4v) is 5.51. The van der Waals surface area contributed by atoms with Gasteiger partial charge in [0.25, 0.3) is 0 Å². The summed E-state index contributed by atoms with van der Waals surface area (Å²) in [7, 11) is 3.54. The maximum Gasteiger partial charge on any atom is 0.249 e. The summed E-state index contributed by atoms with van der Waals surface area (Å²) in [5.74, 6) is 0.590. The lowest BCUT2D eigenvalue weighted by Gasteiger charge is -2.48. The molecule has 2 fully saturated rings. The van der Waals surface area contributed by atoms with E-state index in [-0.39, 0.29) is 17.4 Å². The zero-order chi connectivity index (χ0) is 19.4. The van der Waals surface area contributed by atoms with E-state index >= 15 is 0 Å². The Kier molecular flexibility index (Phi) is 5.06. The number of halogens is 1. The second-order valence-corrected chi connectivity index (χ2v) is 9.96. The maximum absolute atomic E-state index is 13.7. The van der Waals surface area contributed by atoms with E-state index in [0.29, 0.717) is 5.92 Å². The van der Waals surface area contributed by atoms with Crippen LogP contribution in [0.3, 0.4) is 0 Å². The van der Waals surface area contributed by atoms with Gasteiger partial charge in [0.15, 0.2) is 0 Å². The van der Waals surface area contributed by atoms with Crippen LogP contribution in [0, 0.1) is 5.41 Å². The summed E-state index contributed by atoms with van der Waals surface area (Å²) in [6, 6.07) is 6.70. The van der Waals surface area contributed by atoms with Crippen molar-refractivity contribution in [1.29, 1.82) is 0 Å². The van der Waals surface area contributed by atoms with Crippen LogP contribution in [-0.4, -0.2) is 35.2 Å². The van der Waals surface area contributed by atoms with E-state index in [2.05, 4.69) is 40.8 Å². The second kappa shape index (κ2) is 6.97. The summed E-state index contributed by atoms with van der Waals surface area (Å²) < 4.78 is 5.20. The van der Waals surface area contributed by atoms with E-state index < -0.39 is 9.71 Å². The van der Waals surface area contributed by atoms with Crippen molar-refractivity contribution in [3.05, 3.63) is 34.9 Å². The number of hydrogen-bond acceptors (Lipinski definition) is 4. The lowest BCUT2D eigenvalue weighted by atomic mass is 9.61. The van der Waals surface area contributed by atoms with Gasteiger partial charge in [-0.05, 0) is 90.1 Å². The van der Waals surface area contributed by atoms with Gasteiger partial charge in [-0.3, -0.25) is 4.79 Å². The molecule has 4 rings (SSSR count). The zero-order valence-electron chi connectivity index (χ0n) is 16.2. The molecule has 0 aliphatic heterocycles. The number of likely N-dealkylation sites (N-methyl/N-ethyl adjacent to an activating group) is 1. The molecule has 2 atom stereocenters. The van der Waals surface area contributed by atoms with Gasteiger partial charge in [-0.25, -0.2) is 0 Å². The number of nitrogens with zero attached hydrogens (tertiary/aromatic N) is 1. The zero-order valence-corrected chi connectivity index (χ0v) is 18.4. The predicted octanol–water partition coefficient (Wildman–Crippen LogP) is 2.99. The molecule has 0 radical (unpaired) electrons. The number of hydrogen-bond donors (Lipinski definition) is 2. The molecule has 5 nitrogen and oxygen atoms in total. The molecule has 0 aromatic heterocycles. The summed E-state index contributed by atoms with van der Waals surface area (Å²) in [5, 5.41) is 0. The molecule has 1 spiro atoms. The molecule has 3 aliphatic rings. The van der Waals surface area contributed by atoms with Crippen LogP contribution in [0.25, 0.3) is 0 Å². The Hall–Kier alpha value is -0.700. The van der Waals surface area contributed by atoms with E-state index in [0.717, 1.165) is 37.7 Å². The van der Waals surface area contributed by atoms with Gasteiger partial charge in [-0.1, -0.05) is 18.2 Å². The summed E-state index contributed by atoms with van der Waals surface area (Å²) in [6.07, 6.45) is 7.34. The molecule has 1 aromatic carbocycles. The molecule has 6 heteroatoms. The van der Waals surface area contributed by atoms with Crippen LogP contribution in [0.5, 0.6) is 0 Å². The number of alkyl halides is 1. The third-order valence-corrected chi connectivity index (χ3v) is 8.06. The van der Waals surface area contributed by atoms with E-state index in [1.165, 1.54) is 24.0 Å². The molecular weight excluding hydrogens is 453 g/mol. The number of methoxy groups -OCH3 is 1. The molecule has 0 bridgehead atoms. The Morgan fingerprint density at radius 3 is 2.52 bits per heavy atom. The summed E-state index contributed by atoms with van der Waals surface area (Å²) >= 11 is 2.08. The van der Waals surface area contributed by atoms with Gasteiger partial charge < -0.3 is 21.1 Å². The number of ether oxygens (including phenoxy) is 1. The number of carbonyl (C=O) groups is 1. The Bertz CT molecular complexity index is 741. The molecular formula is C21H30IN3O2. The van der Waals surface area contributed by atoms with Gasteiger partial charge in [-0.15, -0.1) is 0 Å². The van der Waals surface area contributed by atoms with Gasteiger partial charge in [0.05, 0.1) is 6.10 Å². The van der Waals surface area contributed by atoms with Crippen LogP contribution in [0.15, 0.2) is 18.2 Å². The van der Waals surface area contributed by atoms with E-state index in [4.69, 9.17) is 16.2 Å². The second-order valence-electron chi connectivity index (χ2n) is 8.68. The highest BCUT2D eigenvalue weighted by Crippen LogP contribution is 2.58. The fourth-order valence-electron chi connectivity index (χ4n) is 5.26. The average molecular weight is 483 g/mol. The summed E-state index contributed by atoms with van der Waals surface area (Å²) in [6.45, 7) is 0. The van der Waals surface area contributed by atoms with Gasteiger partial charge in [-0.2, -0.15) is 0 Å². The normalized spacial score (nSPS) is 33.7. The number of amides is 1. The number of benzene rings is 1. The van der Waals surface area contributed by atoms with Crippen molar-refractivity contribution in [1.82, 2.24) is 4.90 Å². The monoisotopic (exact) mass is 483 g/mol. The van der Waals surface area contributed by atoms with Crippen molar-refractivity contribution in [2.24, 2.45) is 16.9 Å². The molecule has 2 saturated carbocycles. The number of carbonyl (C=O) groups excluding carboxylic acids is 1. The number of rotatable bonds is 4. The maximum atomic E-state index is 13.7. The summed E-state index contributed by atoms with van der Waals surface area (Å²) in [5.41, 5.74) is 15.6. The Balaban J connectivity index is 1.79. The number of nitrogens with two attached hydrogens (primary N) is 2. The van der Waals surface area contributed by atoms with E-state index in [9.17, 15) is 4.79 Å².